The molecule has 0 saturated heterocycles. The molecule has 4 aromatic rings. The number of amides is 1. The Bertz CT molecular complexity index is 1160. The number of hydrogen-bond donors (Lipinski definition) is 1. The van der Waals surface area contributed by atoms with Crippen molar-refractivity contribution in [2.45, 2.75) is 6.04 Å². The summed E-state index contributed by atoms with van der Waals surface area (Å²) in [5.74, 6) is 0.567. The number of hydrogen-bond acceptors (Lipinski definition) is 3. The second-order valence-electron chi connectivity index (χ2n) is 7.65. The molecule has 0 saturated carbocycles. The van der Waals surface area contributed by atoms with Gasteiger partial charge < -0.3 is 15.0 Å². The number of carbonyl (C=O) groups excluding carboxylic acids is 1. The van der Waals surface area contributed by atoms with Gasteiger partial charge in [0.15, 0.2) is 6.61 Å². The van der Waals surface area contributed by atoms with E-state index in [1.165, 1.54) is 16.3 Å². The van der Waals surface area contributed by atoms with E-state index >= 15 is 0 Å². The minimum Gasteiger partial charge on any atom is -0.484 e. The van der Waals surface area contributed by atoms with Gasteiger partial charge >= 0.3 is 0 Å². The number of benzene rings is 4. The molecule has 0 heterocycles. The largest absolute Gasteiger partial charge is 0.484 e. The molecular weight excluding hydrogens is 372 g/mol. The molecule has 0 radical (unpaired) electrons. The Labute approximate surface area is 177 Å². The molecule has 30 heavy (non-hydrogen) atoms. The standard InChI is InChI=1S/C26H26N2O2/c1-28(2)25(24-13-7-11-20-9-5-6-12-23(20)24)17-27-26(29)18-30-22-15-14-19-8-3-4-10-21(19)16-22/h3-16,25H,17-18H2,1-2H3,(H,27,29)/t25-/m0/s1. The Morgan fingerprint density at radius 2 is 1.57 bits per heavy atom. The van der Waals surface area contributed by atoms with Gasteiger partial charge in [-0.2, -0.15) is 0 Å². The zero-order valence-corrected chi connectivity index (χ0v) is 17.3. The molecule has 1 atom stereocenters. The van der Waals surface area contributed by atoms with Gasteiger partial charge in [-0.3, -0.25) is 4.79 Å². The van der Waals surface area contributed by atoms with E-state index in [0.717, 1.165) is 10.8 Å². The molecule has 4 rings (SSSR count). The highest BCUT2D eigenvalue weighted by Crippen LogP contribution is 2.26. The summed E-state index contributed by atoms with van der Waals surface area (Å²) in [6.07, 6.45) is 0. The normalized spacial score (nSPS) is 12.2. The van der Waals surface area contributed by atoms with E-state index in [1.54, 1.807) is 0 Å². The zero-order valence-electron chi connectivity index (χ0n) is 17.3. The van der Waals surface area contributed by atoms with Crippen molar-refractivity contribution in [3.8, 4) is 5.75 Å². The van der Waals surface area contributed by atoms with Gasteiger partial charge in [-0.05, 0) is 53.3 Å². The van der Waals surface area contributed by atoms with Gasteiger partial charge in [-0.1, -0.05) is 72.8 Å². The lowest BCUT2D eigenvalue weighted by Crippen LogP contribution is -2.37. The number of rotatable bonds is 7. The number of nitrogens with zero attached hydrogens (tertiary/aromatic N) is 1. The predicted molar refractivity (Wildman–Crippen MR) is 123 cm³/mol. The summed E-state index contributed by atoms with van der Waals surface area (Å²) < 4.78 is 5.72. The van der Waals surface area contributed by atoms with Crippen molar-refractivity contribution in [2.75, 3.05) is 27.2 Å². The predicted octanol–water partition coefficient (Wildman–Crippen LogP) is 4.79. The number of ether oxygens (including phenoxy) is 1. The van der Waals surface area contributed by atoms with Crippen molar-refractivity contribution in [3.05, 3.63) is 90.5 Å². The highest BCUT2D eigenvalue weighted by Gasteiger charge is 2.17. The van der Waals surface area contributed by atoms with Gasteiger partial charge in [0.25, 0.3) is 5.91 Å². The maximum absolute atomic E-state index is 12.4. The molecule has 0 aliphatic rings. The number of carbonyl (C=O) groups is 1. The summed E-state index contributed by atoms with van der Waals surface area (Å²) in [7, 11) is 4.06. The van der Waals surface area contributed by atoms with Crippen LogP contribution in [-0.2, 0) is 4.79 Å². The molecular formula is C26H26N2O2. The van der Waals surface area contributed by atoms with E-state index in [1.807, 2.05) is 56.6 Å². The maximum atomic E-state index is 12.4. The van der Waals surface area contributed by atoms with Crippen molar-refractivity contribution in [1.82, 2.24) is 10.2 Å². The first kappa shape index (κ1) is 19.9. The topological polar surface area (TPSA) is 41.6 Å². The van der Waals surface area contributed by atoms with Crippen LogP contribution in [-0.4, -0.2) is 38.1 Å². The first-order chi connectivity index (χ1) is 14.6. The second-order valence-corrected chi connectivity index (χ2v) is 7.65. The van der Waals surface area contributed by atoms with E-state index in [9.17, 15) is 4.79 Å². The van der Waals surface area contributed by atoms with Gasteiger partial charge in [-0.15, -0.1) is 0 Å². The Hall–Kier alpha value is -3.37. The minimum atomic E-state index is -0.129. The summed E-state index contributed by atoms with van der Waals surface area (Å²) in [4.78, 5) is 14.6. The molecule has 0 fully saturated rings. The molecule has 0 unspecified atom stereocenters. The SMILES string of the molecule is CN(C)[C@@H](CNC(=O)COc1ccc2ccccc2c1)c1cccc2ccccc12. The van der Waals surface area contributed by atoms with Gasteiger partial charge in [0.2, 0.25) is 0 Å². The molecule has 1 N–H and O–H groups in total. The quantitative estimate of drug-likeness (QED) is 0.487. The fraction of sp³-hybridized carbons (Fsp3) is 0.192. The van der Waals surface area contributed by atoms with Crippen molar-refractivity contribution in [3.63, 3.8) is 0 Å². The third-order valence-corrected chi connectivity index (χ3v) is 5.39. The van der Waals surface area contributed by atoms with E-state index in [2.05, 4.69) is 52.7 Å². The third-order valence-electron chi connectivity index (χ3n) is 5.39. The smallest absolute Gasteiger partial charge is 0.258 e. The molecule has 4 nitrogen and oxygen atoms in total. The first-order valence-electron chi connectivity index (χ1n) is 10.1. The summed E-state index contributed by atoms with van der Waals surface area (Å²) in [6.45, 7) is 0.509. The Balaban J connectivity index is 1.40. The number of nitrogens with one attached hydrogen (secondary N) is 1. The molecule has 0 aromatic heterocycles. The molecule has 0 bridgehead atoms. The van der Waals surface area contributed by atoms with Gasteiger partial charge in [0.05, 0.1) is 6.04 Å². The Morgan fingerprint density at radius 3 is 2.37 bits per heavy atom. The fourth-order valence-corrected chi connectivity index (χ4v) is 3.78. The molecule has 0 aliphatic heterocycles. The lowest BCUT2D eigenvalue weighted by atomic mass is 9.98. The van der Waals surface area contributed by atoms with E-state index in [0.29, 0.717) is 12.3 Å². The molecule has 0 spiro atoms. The van der Waals surface area contributed by atoms with E-state index < -0.39 is 0 Å². The molecule has 152 valence electrons. The van der Waals surface area contributed by atoms with Crippen LogP contribution in [0.5, 0.6) is 5.75 Å². The lowest BCUT2D eigenvalue weighted by molar-refractivity contribution is -0.123. The van der Waals surface area contributed by atoms with Crippen LogP contribution in [0.25, 0.3) is 21.5 Å². The Morgan fingerprint density at radius 1 is 0.867 bits per heavy atom. The van der Waals surface area contributed by atoms with Crippen LogP contribution in [0.1, 0.15) is 11.6 Å². The Kier molecular flexibility index (Phi) is 5.96. The monoisotopic (exact) mass is 398 g/mol. The first-order valence-corrected chi connectivity index (χ1v) is 10.1. The number of fused-ring (bicyclic) bond motifs is 2. The van der Waals surface area contributed by atoms with Crippen LogP contribution in [0.2, 0.25) is 0 Å². The van der Waals surface area contributed by atoms with Crippen molar-refractivity contribution >= 4 is 27.5 Å². The van der Waals surface area contributed by atoms with Crippen LogP contribution >= 0.6 is 0 Å². The van der Waals surface area contributed by atoms with Crippen LogP contribution in [0.4, 0.5) is 0 Å². The van der Waals surface area contributed by atoms with Crippen LogP contribution in [0, 0.1) is 0 Å². The second kappa shape index (κ2) is 8.97. The molecule has 4 heteroatoms. The highest BCUT2D eigenvalue weighted by molar-refractivity contribution is 5.86. The van der Waals surface area contributed by atoms with Crippen molar-refractivity contribution in [1.29, 1.82) is 0 Å². The summed E-state index contributed by atoms with van der Waals surface area (Å²) in [5.41, 5.74) is 1.20. The summed E-state index contributed by atoms with van der Waals surface area (Å²) >= 11 is 0. The van der Waals surface area contributed by atoms with Gasteiger partial charge in [0.1, 0.15) is 5.75 Å². The van der Waals surface area contributed by atoms with Crippen LogP contribution in [0.15, 0.2) is 84.9 Å². The third kappa shape index (κ3) is 4.44. The average molecular weight is 399 g/mol. The van der Waals surface area contributed by atoms with Crippen LogP contribution < -0.4 is 10.1 Å². The highest BCUT2D eigenvalue weighted by atomic mass is 16.5. The average Bonchev–Trinajstić information content (AvgIpc) is 2.77. The molecule has 1 amide bonds. The molecule has 0 aliphatic carbocycles. The minimum absolute atomic E-state index is 0.00593. The summed E-state index contributed by atoms with van der Waals surface area (Å²) in [5, 5.41) is 7.69. The number of likely N-dealkylation sites (N-methyl/N-ethyl adjacent to an activating group) is 1. The van der Waals surface area contributed by atoms with Crippen LogP contribution in [0.3, 0.4) is 0 Å². The van der Waals surface area contributed by atoms with Gasteiger partial charge in [-0.25, -0.2) is 0 Å². The van der Waals surface area contributed by atoms with Crippen molar-refractivity contribution in [2.24, 2.45) is 0 Å². The lowest BCUT2D eigenvalue weighted by Gasteiger charge is -2.26. The van der Waals surface area contributed by atoms with Gasteiger partial charge in [0, 0.05) is 6.54 Å². The van der Waals surface area contributed by atoms with E-state index in [4.69, 9.17) is 4.74 Å². The fourth-order valence-electron chi connectivity index (χ4n) is 3.78. The molecule has 4 aromatic carbocycles. The van der Waals surface area contributed by atoms with E-state index in [-0.39, 0.29) is 18.6 Å². The van der Waals surface area contributed by atoms with Crippen molar-refractivity contribution < 1.29 is 9.53 Å². The zero-order chi connectivity index (χ0) is 20.9. The maximum Gasteiger partial charge on any atom is 0.258 e. The summed E-state index contributed by atoms with van der Waals surface area (Å²) in [6, 6.07) is 28.7.